The Balaban J connectivity index is 1.90. The molecule has 1 aliphatic rings. The molecule has 1 aliphatic heterocycles. The van der Waals surface area contributed by atoms with Crippen LogP contribution < -0.4 is 5.32 Å². The third kappa shape index (κ3) is 4.38. The summed E-state index contributed by atoms with van der Waals surface area (Å²) in [7, 11) is 0. The summed E-state index contributed by atoms with van der Waals surface area (Å²) >= 11 is 0. The van der Waals surface area contributed by atoms with Crippen molar-refractivity contribution < 1.29 is 19.5 Å². The summed E-state index contributed by atoms with van der Waals surface area (Å²) in [6, 6.07) is 7.32. The molecule has 0 bridgehead atoms. The number of aliphatic carboxylic acids is 1. The molecule has 1 heterocycles. The number of carboxylic acids is 1. The van der Waals surface area contributed by atoms with Crippen LogP contribution in [0.25, 0.3) is 0 Å². The number of amides is 2. The van der Waals surface area contributed by atoms with E-state index in [1.807, 2.05) is 12.1 Å². The van der Waals surface area contributed by atoms with Crippen molar-refractivity contribution >= 4 is 17.8 Å². The van der Waals surface area contributed by atoms with Gasteiger partial charge < -0.3 is 15.3 Å². The number of nitrogens with one attached hydrogen (secondary N) is 1. The maximum atomic E-state index is 12.2. The lowest BCUT2D eigenvalue weighted by Gasteiger charge is -2.20. The number of hydrogen-bond acceptors (Lipinski definition) is 3. The third-order valence-electron chi connectivity index (χ3n) is 4.76. The number of likely N-dealkylation sites (tertiary alicyclic amines) is 1. The van der Waals surface area contributed by atoms with Gasteiger partial charge in [0.1, 0.15) is 0 Å². The summed E-state index contributed by atoms with van der Waals surface area (Å²) < 4.78 is 0. The van der Waals surface area contributed by atoms with E-state index in [9.17, 15) is 19.5 Å². The first-order chi connectivity index (χ1) is 11.5. The van der Waals surface area contributed by atoms with E-state index in [2.05, 4.69) is 26.1 Å². The molecule has 1 saturated heterocycles. The molecule has 0 aliphatic carbocycles. The summed E-state index contributed by atoms with van der Waals surface area (Å²) in [6.07, 6.45) is 0.427. The van der Waals surface area contributed by atoms with E-state index in [-0.39, 0.29) is 30.3 Å². The molecule has 1 atom stereocenters. The third-order valence-corrected chi connectivity index (χ3v) is 4.76. The van der Waals surface area contributed by atoms with Crippen molar-refractivity contribution in [3.05, 3.63) is 35.4 Å². The Hall–Kier alpha value is -2.37. The molecular weight excluding hydrogens is 320 g/mol. The quantitative estimate of drug-likeness (QED) is 0.873. The van der Waals surface area contributed by atoms with E-state index in [4.69, 9.17) is 0 Å². The van der Waals surface area contributed by atoms with E-state index in [0.29, 0.717) is 18.5 Å². The van der Waals surface area contributed by atoms with Crippen LogP contribution >= 0.6 is 0 Å². The minimum Gasteiger partial charge on any atom is -0.481 e. The van der Waals surface area contributed by atoms with Crippen molar-refractivity contribution in [2.24, 2.45) is 5.41 Å². The molecule has 2 N–H and O–H groups in total. The van der Waals surface area contributed by atoms with Crippen LogP contribution in [-0.2, 0) is 15.0 Å². The topological polar surface area (TPSA) is 86.7 Å². The van der Waals surface area contributed by atoms with Gasteiger partial charge in [0.15, 0.2) is 0 Å². The Labute approximate surface area is 148 Å². The highest BCUT2D eigenvalue weighted by Crippen LogP contribution is 2.30. The number of nitrogens with zero attached hydrogens (tertiary/aromatic N) is 1. The predicted molar refractivity (Wildman–Crippen MR) is 94.4 cm³/mol. The van der Waals surface area contributed by atoms with Crippen LogP contribution in [0.3, 0.4) is 0 Å². The second-order valence-corrected chi connectivity index (χ2v) is 7.94. The molecule has 2 rings (SSSR count). The van der Waals surface area contributed by atoms with Gasteiger partial charge in [0.2, 0.25) is 5.91 Å². The van der Waals surface area contributed by atoms with Gasteiger partial charge in [-0.25, -0.2) is 0 Å². The van der Waals surface area contributed by atoms with Crippen LogP contribution in [0.5, 0.6) is 0 Å². The minimum atomic E-state index is -0.900. The van der Waals surface area contributed by atoms with E-state index in [1.54, 1.807) is 19.1 Å². The zero-order valence-electron chi connectivity index (χ0n) is 15.3. The maximum absolute atomic E-state index is 12.2. The number of carbonyl (C=O) groups excluding carboxylic acids is 2. The minimum absolute atomic E-state index is 0.0114. The lowest BCUT2D eigenvalue weighted by atomic mass is 9.87. The van der Waals surface area contributed by atoms with Crippen molar-refractivity contribution in [2.75, 3.05) is 19.6 Å². The van der Waals surface area contributed by atoms with Crippen LogP contribution in [0.4, 0.5) is 0 Å². The average molecular weight is 346 g/mol. The molecule has 0 aromatic heterocycles. The molecule has 0 radical (unpaired) electrons. The van der Waals surface area contributed by atoms with E-state index in [0.717, 1.165) is 5.56 Å². The molecule has 6 nitrogen and oxygen atoms in total. The molecule has 1 aromatic carbocycles. The normalized spacial score (nSPS) is 20.4. The monoisotopic (exact) mass is 346 g/mol. The molecule has 136 valence electrons. The maximum Gasteiger partial charge on any atom is 0.311 e. The van der Waals surface area contributed by atoms with E-state index in [1.165, 1.54) is 4.90 Å². The number of rotatable bonds is 4. The fourth-order valence-electron chi connectivity index (χ4n) is 2.84. The zero-order chi connectivity index (χ0) is 18.8. The van der Waals surface area contributed by atoms with Crippen molar-refractivity contribution in [1.29, 1.82) is 0 Å². The standard InChI is InChI=1S/C19H26N2O4/c1-18(2,3)14-7-5-13(6-8-14)16(23)20-11-15(22)21-10-9-19(4,12-21)17(24)25/h5-8H,9-12H2,1-4H3,(H,20,23)(H,24,25). The van der Waals surface area contributed by atoms with Gasteiger partial charge in [-0.15, -0.1) is 0 Å². The lowest BCUT2D eigenvalue weighted by Crippen LogP contribution is -2.41. The SMILES string of the molecule is CC1(C(=O)O)CCN(C(=O)CNC(=O)c2ccc(C(C)(C)C)cc2)C1. The van der Waals surface area contributed by atoms with Gasteiger partial charge in [0, 0.05) is 18.7 Å². The van der Waals surface area contributed by atoms with Crippen molar-refractivity contribution in [3.63, 3.8) is 0 Å². The number of benzene rings is 1. The predicted octanol–water partition coefficient (Wildman–Crippen LogP) is 2.04. The van der Waals surface area contributed by atoms with Crippen molar-refractivity contribution in [1.82, 2.24) is 10.2 Å². The average Bonchev–Trinajstić information content (AvgIpc) is 2.95. The van der Waals surface area contributed by atoms with Crippen LogP contribution in [0.15, 0.2) is 24.3 Å². The summed E-state index contributed by atoms with van der Waals surface area (Å²) in [4.78, 5) is 37.1. The van der Waals surface area contributed by atoms with Gasteiger partial charge in [0.05, 0.1) is 12.0 Å². The molecule has 1 aromatic rings. The van der Waals surface area contributed by atoms with Gasteiger partial charge in [-0.1, -0.05) is 32.9 Å². The first-order valence-electron chi connectivity index (χ1n) is 8.43. The first-order valence-corrected chi connectivity index (χ1v) is 8.43. The van der Waals surface area contributed by atoms with E-state index >= 15 is 0 Å². The van der Waals surface area contributed by atoms with Gasteiger partial charge in [0.25, 0.3) is 5.91 Å². The largest absolute Gasteiger partial charge is 0.481 e. The highest BCUT2D eigenvalue weighted by molar-refractivity contribution is 5.96. The second kappa shape index (κ2) is 6.86. The summed E-state index contributed by atoms with van der Waals surface area (Å²) in [5.41, 5.74) is 0.739. The first kappa shape index (κ1) is 19.0. The van der Waals surface area contributed by atoms with Crippen LogP contribution in [-0.4, -0.2) is 47.4 Å². The Morgan fingerprint density at radius 3 is 2.28 bits per heavy atom. The Bertz CT molecular complexity index is 676. The smallest absolute Gasteiger partial charge is 0.311 e. The van der Waals surface area contributed by atoms with Crippen molar-refractivity contribution in [2.45, 2.75) is 39.5 Å². The molecule has 1 fully saturated rings. The van der Waals surface area contributed by atoms with Gasteiger partial charge in [-0.05, 0) is 36.5 Å². The highest BCUT2D eigenvalue weighted by atomic mass is 16.4. The molecule has 0 saturated carbocycles. The molecule has 6 heteroatoms. The molecular formula is C19H26N2O4. The Morgan fingerprint density at radius 1 is 1.20 bits per heavy atom. The van der Waals surface area contributed by atoms with Crippen LogP contribution in [0.1, 0.15) is 50.0 Å². The van der Waals surface area contributed by atoms with Gasteiger partial charge in [-0.2, -0.15) is 0 Å². The molecule has 2 amide bonds. The van der Waals surface area contributed by atoms with Crippen molar-refractivity contribution in [3.8, 4) is 0 Å². The van der Waals surface area contributed by atoms with E-state index < -0.39 is 11.4 Å². The Kier molecular flexibility index (Phi) is 5.20. The fourth-order valence-corrected chi connectivity index (χ4v) is 2.84. The molecule has 0 spiro atoms. The van der Waals surface area contributed by atoms with Crippen LogP contribution in [0, 0.1) is 5.41 Å². The van der Waals surface area contributed by atoms with Gasteiger partial charge >= 0.3 is 5.97 Å². The summed E-state index contributed by atoms with van der Waals surface area (Å²) in [6.45, 7) is 8.38. The lowest BCUT2D eigenvalue weighted by molar-refractivity contribution is -0.147. The number of carboxylic acid groups (broad SMARTS) is 1. The fraction of sp³-hybridized carbons (Fsp3) is 0.526. The Morgan fingerprint density at radius 2 is 1.80 bits per heavy atom. The van der Waals surface area contributed by atoms with Crippen LogP contribution in [0.2, 0.25) is 0 Å². The second-order valence-electron chi connectivity index (χ2n) is 7.94. The highest BCUT2D eigenvalue weighted by Gasteiger charge is 2.41. The summed E-state index contributed by atoms with van der Waals surface area (Å²) in [5.74, 6) is -1.47. The number of hydrogen-bond donors (Lipinski definition) is 2. The van der Waals surface area contributed by atoms with Gasteiger partial charge in [-0.3, -0.25) is 14.4 Å². The zero-order valence-corrected chi connectivity index (χ0v) is 15.3. The number of carbonyl (C=O) groups is 3. The molecule has 1 unspecified atom stereocenters. The molecule has 25 heavy (non-hydrogen) atoms. The summed E-state index contributed by atoms with van der Waals surface area (Å²) in [5, 5.41) is 11.8.